The minimum Gasteiger partial charge on any atom is -0.423 e. The fourth-order valence-electron chi connectivity index (χ4n) is 2.09. The standard InChI is InChI=1S/C18H13N5O2/c1-12(24)15-4-2-3-5-16(15)25-18-21-11-20-17(23-18)22-14-8-6-13(10-19)7-9-14/h2-9,11H,1H3,(H,20,21,22,23). The number of ketones is 1. The molecule has 122 valence electrons. The van der Waals surface area contributed by atoms with Crippen LogP contribution >= 0.6 is 0 Å². The summed E-state index contributed by atoms with van der Waals surface area (Å²) >= 11 is 0. The van der Waals surface area contributed by atoms with Gasteiger partial charge in [0.25, 0.3) is 0 Å². The quantitative estimate of drug-likeness (QED) is 0.714. The highest BCUT2D eigenvalue weighted by atomic mass is 16.5. The Bertz CT molecular complexity index is 948. The van der Waals surface area contributed by atoms with Crippen LogP contribution in [0.15, 0.2) is 54.9 Å². The van der Waals surface area contributed by atoms with E-state index in [0.717, 1.165) is 5.69 Å². The maximum Gasteiger partial charge on any atom is 0.326 e. The number of ether oxygens (including phenoxy) is 1. The molecule has 0 saturated heterocycles. The lowest BCUT2D eigenvalue weighted by molar-refractivity contribution is 0.101. The van der Waals surface area contributed by atoms with E-state index in [2.05, 4.69) is 26.3 Å². The summed E-state index contributed by atoms with van der Waals surface area (Å²) in [5.74, 6) is 0.557. The number of Topliss-reactive ketones (excluding diaryl/α,β-unsaturated/α-hetero) is 1. The second kappa shape index (κ2) is 7.19. The number of para-hydroxylation sites is 1. The van der Waals surface area contributed by atoms with Gasteiger partial charge < -0.3 is 10.1 Å². The number of nitriles is 1. The maximum absolute atomic E-state index is 11.6. The molecule has 1 aromatic heterocycles. The normalized spacial score (nSPS) is 9.92. The minimum absolute atomic E-state index is 0.0693. The summed E-state index contributed by atoms with van der Waals surface area (Å²) in [5.41, 5.74) is 1.73. The third-order valence-corrected chi connectivity index (χ3v) is 3.29. The zero-order valence-corrected chi connectivity index (χ0v) is 13.3. The fourth-order valence-corrected chi connectivity index (χ4v) is 2.09. The predicted molar refractivity (Wildman–Crippen MR) is 90.8 cm³/mol. The molecule has 7 nitrogen and oxygen atoms in total. The van der Waals surface area contributed by atoms with Crippen molar-refractivity contribution >= 4 is 17.4 Å². The molecule has 0 spiro atoms. The molecule has 0 amide bonds. The third-order valence-electron chi connectivity index (χ3n) is 3.29. The largest absolute Gasteiger partial charge is 0.423 e. The summed E-state index contributed by atoms with van der Waals surface area (Å²) in [4.78, 5) is 23.8. The molecule has 2 aromatic carbocycles. The summed E-state index contributed by atoms with van der Waals surface area (Å²) in [6.07, 6.45) is 1.31. The number of rotatable bonds is 5. The van der Waals surface area contributed by atoms with Gasteiger partial charge >= 0.3 is 6.01 Å². The lowest BCUT2D eigenvalue weighted by Crippen LogP contribution is -2.02. The van der Waals surface area contributed by atoms with E-state index in [9.17, 15) is 4.79 Å². The number of carbonyl (C=O) groups is 1. The first-order valence-corrected chi connectivity index (χ1v) is 7.40. The highest BCUT2D eigenvalue weighted by Crippen LogP contribution is 2.23. The van der Waals surface area contributed by atoms with Crippen molar-refractivity contribution in [1.29, 1.82) is 5.26 Å². The first-order valence-electron chi connectivity index (χ1n) is 7.40. The molecule has 1 N–H and O–H groups in total. The van der Waals surface area contributed by atoms with Crippen LogP contribution in [0.5, 0.6) is 11.8 Å². The summed E-state index contributed by atoms with van der Waals surface area (Å²) in [7, 11) is 0. The number of carbonyl (C=O) groups excluding carboxylic acids is 1. The fraction of sp³-hybridized carbons (Fsp3) is 0.0556. The number of nitrogens with one attached hydrogen (secondary N) is 1. The van der Waals surface area contributed by atoms with Crippen LogP contribution in [0.25, 0.3) is 0 Å². The van der Waals surface area contributed by atoms with E-state index in [-0.39, 0.29) is 17.7 Å². The third kappa shape index (κ3) is 3.95. The molecule has 0 atom stereocenters. The highest BCUT2D eigenvalue weighted by Gasteiger charge is 2.10. The van der Waals surface area contributed by atoms with Crippen molar-refractivity contribution in [3.63, 3.8) is 0 Å². The maximum atomic E-state index is 11.6. The lowest BCUT2D eigenvalue weighted by atomic mass is 10.1. The summed E-state index contributed by atoms with van der Waals surface area (Å²) in [6, 6.07) is 15.9. The summed E-state index contributed by atoms with van der Waals surface area (Å²) < 4.78 is 5.62. The molecule has 3 rings (SSSR count). The van der Waals surface area contributed by atoms with Crippen molar-refractivity contribution in [2.45, 2.75) is 6.92 Å². The molecule has 0 aliphatic heterocycles. The Kier molecular flexibility index (Phi) is 4.62. The van der Waals surface area contributed by atoms with Crippen molar-refractivity contribution in [2.24, 2.45) is 0 Å². The molecule has 0 unspecified atom stereocenters. The van der Waals surface area contributed by atoms with Crippen LogP contribution in [-0.2, 0) is 0 Å². The van der Waals surface area contributed by atoms with E-state index in [1.165, 1.54) is 13.3 Å². The summed E-state index contributed by atoms with van der Waals surface area (Å²) in [5, 5.41) is 11.8. The van der Waals surface area contributed by atoms with Gasteiger partial charge in [0.15, 0.2) is 5.78 Å². The Morgan fingerprint density at radius 2 is 1.88 bits per heavy atom. The van der Waals surface area contributed by atoms with Crippen molar-refractivity contribution in [1.82, 2.24) is 15.0 Å². The molecule has 3 aromatic rings. The monoisotopic (exact) mass is 331 g/mol. The van der Waals surface area contributed by atoms with Crippen molar-refractivity contribution in [3.8, 4) is 17.8 Å². The van der Waals surface area contributed by atoms with Gasteiger partial charge in [0, 0.05) is 5.69 Å². The first kappa shape index (κ1) is 16.1. The van der Waals surface area contributed by atoms with E-state index < -0.39 is 0 Å². The van der Waals surface area contributed by atoms with Crippen molar-refractivity contribution in [2.75, 3.05) is 5.32 Å². The predicted octanol–water partition coefficient (Wildman–Crippen LogP) is 3.48. The van der Waals surface area contributed by atoms with Gasteiger partial charge in [0.1, 0.15) is 12.1 Å². The van der Waals surface area contributed by atoms with Crippen LogP contribution in [0, 0.1) is 11.3 Å². The Balaban J connectivity index is 1.80. The van der Waals surface area contributed by atoms with Crippen LogP contribution < -0.4 is 10.1 Å². The lowest BCUT2D eigenvalue weighted by Gasteiger charge is -2.09. The topological polar surface area (TPSA) is 101 Å². The van der Waals surface area contributed by atoms with Crippen molar-refractivity contribution < 1.29 is 9.53 Å². The van der Waals surface area contributed by atoms with Gasteiger partial charge in [-0.2, -0.15) is 15.2 Å². The molecule has 0 radical (unpaired) electrons. The van der Waals surface area contributed by atoms with E-state index in [1.54, 1.807) is 48.5 Å². The van der Waals surface area contributed by atoms with E-state index >= 15 is 0 Å². The number of hydrogen-bond donors (Lipinski definition) is 1. The smallest absolute Gasteiger partial charge is 0.326 e. The van der Waals surface area contributed by atoms with Crippen LogP contribution in [0.1, 0.15) is 22.8 Å². The Labute approximate surface area is 144 Å². The van der Waals surface area contributed by atoms with Gasteiger partial charge in [-0.15, -0.1) is 0 Å². The average molecular weight is 331 g/mol. The first-order chi connectivity index (χ1) is 12.2. The molecule has 25 heavy (non-hydrogen) atoms. The molecule has 0 saturated carbocycles. The van der Waals surface area contributed by atoms with Crippen LogP contribution in [0.4, 0.5) is 11.6 Å². The second-order valence-electron chi connectivity index (χ2n) is 5.06. The zero-order valence-electron chi connectivity index (χ0n) is 13.3. The van der Waals surface area contributed by atoms with Crippen LogP contribution in [0.3, 0.4) is 0 Å². The Hall–Kier alpha value is -3.79. The highest BCUT2D eigenvalue weighted by molar-refractivity contribution is 5.96. The van der Waals surface area contributed by atoms with E-state index in [0.29, 0.717) is 16.9 Å². The van der Waals surface area contributed by atoms with Crippen molar-refractivity contribution in [3.05, 3.63) is 66.0 Å². The number of hydrogen-bond acceptors (Lipinski definition) is 7. The number of aromatic nitrogens is 3. The molecule has 0 bridgehead atoms. The van der Waals surface area contributed by atoms with Gasteiger partial charge in [0.05, 0.1) is 17.2 Å². The SMILES string of the molecule is CC(=O)c1ccccc1Oc1ncnc(Nc2ccc(C#N)cc2)n1. The van der Waals surface area contributed by atoms with Gasteiger partial charge in [-0.3, -0.25) is 4.79 Å². The van der Waals surface area contributed by atoms with Gasteiger partial charge in [0.2, 0.25) is 5.95 Å². The van der Waals surface area contributed by atoms with Gasteiger partial charge in [-0.25, -0.2) is 4.98 Å². The Morgan fingerprint density at radius 1 is 1.12 bits per heavy atom. The van der Waals surface area contributed by atoms with Gasteiger partial charge in [-0.1, -0.05) is 12.1 Å². The average Bonchev–Trinajstić information content (AvgIpc) is 2.63. The van der Waals surface area contributed by atoms with Gasteiger partial charge in [-0.05, 0) is 43.3 Å². The molecule has 0 aliphatic rings. The van der Waals surface area contributed by atoms with Crippen LogP contribution in [0.2, 0.25) is 0 Å². The number of benzene rings is 2. The zero-order chi connectivity index (χ0) is 17.6. The molecule has 0 fully saturated rings. The molecule has 7 heteroatoms. The summed E-state index contributed by atoms with van der Waals surface area (Å²) in [6.45, 7) is 1.47. The van der Waals surface area contributed by atoms with E-state index in [1.807, 2.05) is 0 Å². The molecular weight excluding hydrogens is 318 g/mol. The number of anilines is 2. The molecule has 1 heterocycles. The van der Waals surface area contributed by atoms with Crippen LogP contribution in [-0.4, -0.2) is 20.7 Å². The van der Waals surface area contributed by atoms with E-state index in [4.69, 9.17) is 10.00 Å². The Morgan fingerprint density at radius 3 is 2.60 bits per heavy atom. The number of nitrogens with zero attached hydrogens (tertiary/aromatic N) is 4. The molecular formula is C18H13N5O2. The minimum atomic E-state index is -0.111. The second-order valence-corrected chi connectivity index (χ2v) is 5.06. The molecule has 0 aliphatic carbocycles.